The van der Waals surface area contributed by atoms with Gasteiger partial charge < -0.3 is 9.26 Å². The van der Waals surface area contributed by atoms with Gasteiger partial charge in [-0.05, 0) is 30.3 Å². The third kappa shape index (κ3) is 2.08. The van der Waals surface area contributed by atoms with E-state index in [4.69, 9.17) is 9.26 Å². The summed E-state index contributed by atoms with van der Waals surface area (Å²) in [5.41, 5.74) is 2.40. The number of aromatic nitrogens is 5. The molecule has 0 N–H and O–H groups in total. The van der Waals surface area contributed by atoms with Gasteiger partial charge in [-0.3, -0.25) is 4.40 Å². The Labute approximate surface area is 125 Å². The van der Waals surface area contributed by atoms with Gasteiger partial charge in [0.25, 0.3) is 5.89 Å². The first-order valence-corrected chi connectivity index (χ1v) is 6.61. The van der Waals surface area contributed by atoms with E-state index in [1.165, 1.54) is 0 Å². The summed E-state index contributed by atoms with van der Waals surface area (Å²) in [6.07, 6.45) is 3.48. The second-order valence-electron chi connectivity index (χ2n) is 4.67. The summed E-state index contributed by atoms with van der Waals surface area (Å²) in [4.78, 5) is 4.43. The summed E-state index contributed by atoms with van der Waals surface area (Å²) in [5, 5.41) is 11.8. The van der Waals surface area contributed by atoms with Crippen LogP contribution in [0.3, 0.4) is 0 Å². The number of ether oxygens (including phenoxy) is 1. The molecule has 0 saturated heterocycles. The SMILES string of the molecule is COc1cccc(-c2nc(-c3ccc4nncn4c3)no2)c1. The largest absolute Gasteiger partial charge is 0.497 e. The summed E-state index contributed by atoms with van der Waals surface area (Å²) in [5.74, 6) is 1.69. The third-order valence-electron chi connectivity index (χ3n) is 3.29. The fourth-order valence-electron chi connectivity index (χ4n) is 2.17. The Morgan fingerprint density at radius 2 is 2.09 bits per heavy atom. The van der Waals surface area contributed by atoms with E-state index in [-0.39, 0.29) is 0 Å². The highest BCUT2D eigenvalue weighted by Crippen LogP contribution is 2.25. The first kappa shape index (κ1) is 12.5. The van der Waals surface area contributed by atoms with Crippen LogP contribution in [0.1, 0.15) is 0 Å². The maximum Gasteiger partial charge on any atom is 0.258 e. The number of nitrogens with zero attached hydrogens (tertiary/aromatic N) is 5. The molecule has 0 saturated carbocycles. The van der Waals surface area contributed by atoms with E-state index in [0.29, 0.717) is 11.7 Å². The van der Waals surface area contributed by atoms with Crippen LogP contribution in [0.15, 0.2) is 53.4 Å². The lowest BCUT2D eigenvalue weighted by Gasteiger charge is -1.99. The minimum absolute atomic E-state index is 0.442. The van der Waals surface area contributed by atoms with Crippen LogP contribution >= 0.6 is 0 Å². The van der Waals surface area contributed by atoms with E-state index >= 15 is 0 Å². The monoisotopic (exact) mass is 293 g/mol. The third-order valence-corrected chi connectivity index (χ3v) is 3.29. The first-order valence-electron chi connectivity index (χ1n) is 6.61. The molecule has 7 nitrogen and oxygen atoms in total. The lowest BCUT2D eigenvalue weighted by Crippen LogP contribution is -1.87. The molecule has 0 atom stereocenters. The minimum atomic E-state index is 0.442. The van der Waals surface area contributed by atoms with Crippen LogP contribution in [-0.2, 0) is 0 Å². The number of benzene rings is 1. The Balaban J connectivity index is 1.73. The first-order chi connectivity index (χ1) is 10.8. The van der Waals surface area contributed by atoms with Gasteiger partial charge in [-0.2, -0.15) is 4.98 Å². The molecule has 1 aromatic carbocycles. The van der Waals surface area contributed by atoms with E-state index in [0.717, 1.165) is 22.5 Å². The van der Waals surface area contributed by atoms with Gasteiger partial charge in [0.2, 0.25) is 5.82 Å². The Bertz CT molecular complexity index is 944. The predicted molar refractivity (Wildman–Crippen MR) is 78.3 cm³/mol. The van der Waals surface area contributed by atoms with Crippen molar-refractivity contribution in [1.82, 2.24) is 24.7 Å². The minimum Gasteiger partial charge on any atom is -0.497 e. The Kier molecular flexibility index (Phi) is 2.82. The zero-order valence-corrected chi connectivity index (χ0v) is 11.7. The van der Waals surface area contributed by atoms with Gasteiger partial charge in [-0.15, -0.1) is 10.2 Å². The van der Waals surface area contributed by atoms with Crippen LogP contribution in [0, 0.1) is 0 Å². The molecule has 0 unspecified atom stereocenters. The number of hydrogen-bond acceptors (Lipinski definition) is 6. The van der Waals surface area contributed by atoms with Gasteiger partial charge in [0.05, 0.1) is 7.11 Å². The average molecular weight is 293 g/mol. The normalized spacial score (nSPS) is 11.0. The molecule has 0 spiro atoms. The van der Waals surface area contributed by atoms with Gasteiger partial charge in [-0.1, -0.05) is 11.2 Å². The van der Waals surface area contributed by atoms with Gasteiger partial charge in [-0.25, -0.2) is 0 Å². The molecule has 3 aromatic heterocycles. The van der Waals surface area contributed by atoms with Gasteiger partial charge in [0.15, 0.2) is 5.65 Å². The lowest BCUT2D eigenvalue weighted by molar-refractivity contribution is 0.413. The molecule has 4 rings (SSSR count). The second kappa shape index (κ2) is 4.96. The van der Waals surface area contributed by atoms with Crippen molar-refractivity contribution in [2.24, 2.45) is 0 Å². The molecule has 7 heteroatoms. The summed E-state index contributed by atoms with van der Waals surface area (Å²) < 4.78 is 12.3. The van der Waals surface area contributed by atoms with Crippen molar-refractivity contribution < 1.29 is 9.26 Å². The molecule has 0 amide bonds. The van der Waals surface area contributed by atoms with Gasteiger partial charge in [0.1, 0.15) is 12.1 Å². The van der Waals surface area contributed by atoms with E-state index in [9.17, 15) is 0 Å². The molecule has 0 bridgehead atoms. The topological polar surface area (TPSA) is 78.3 Å². The molecular weight excluding hydrogens is 282 g/mol. The fourth-order valence-corrected chi connectivity index (χ4v) is 2.17. The van der Waals surface area contributed by atoms with Crippen LogP contribution < -0.4 is 4.74 Å². The van der Waals surface area contributed by atoms with Crippen LogP contribution in [0.2, 0.25) is 0 Å². The Morgan fingerprint density at radius 1 is 1.14 bits per heavy atom. The highest BCUT2D eigenvalue weighted by atomic mass is 16.5. The lowest BCUT2D eigenvalue weighted by atomic mass is 10.2. The smallest absolute Gasteiger partial charge is 0.258 e. The zero-order chi connectivity index (χ0) is 14.9. The van der Waals surface area contributed by atoms with E-state index in [1.807, 2.05) is 42.6 Å². The second-order valence-corrected chi connectivity index (χ2v) is 4.67. The zero-order valence-electron chi connectivity index (χ0n) is 11.7. The van der Waals surface area contributed by atoms with Crippen molar-refractivity contribution >= 4 is 5.65 Å². The van der Waals surface area contributed by atoms with E-state index < -0.39 is 0 Å². The number of fused-ring (bicyclic) bond motifs is 1. The summed E-state index contributed by atoms with van der Waals surface area (Å²) >= 11 is 0. The van der Waals surface area contributed by atoms with E-state index in [1.54, 1.807) is 17.8 Å². The highest BCUT2D eigenvalue weighted by Gasteiger charge is 2.12. The van der Waals surface area contributed by atoms with Crippen LogP contribution in [0.25, 0.3) is 28.5 Å². The Morgan fingerprint density at radius 3 is 3.00 bits per heavy atom. The van der Waals surface area contributed by atoms with Crippen molar-refractivity contribution in [2.45, 2.75) is 0 Å². The average Bonchev–Trinajstić information content (AvgIpc) is 3.23. The molecule has 108 valence electrons. The number of hydrogen-bond donors (Lipinski definition) is 0. The molecule has 0 radical (unpaired) electrons. The maximum atomic E-state index is 5.34. The summed E-state index contributed by atoms with van der Waals surface area (Å²) in [7, 11) is 1.62. The van der Waals surface area contributed by atoms with Crippen LogP contribution in [0.5, 0.6) is 5.75 Å². The standard InChI is InChI=1S/C15H11N5O2/c1-21-12-4-2-3-10(7-12)15-17-14(19-22-15)11-5-6-13-18-16-9-20(13)8-11/h2-9H,1H3. The molecule has 0 aliphatic rings. The van der Waals surface area contributed by atoms with Crippen LogP contribution in [0.4, 0.5) is 0 Å². The Hall–Kier alpha value is -3.22. The molecule has 0 fully saturated rings. The fraction of sp³-hybridized carbons (Fsp3) is 0.0667. The molecule has 3 heterocycles. The summed E-state index contributed by atoms with van der Waals surface area (Å²) in [6, 6.07) is 11.2. The number of methoxy groups -OCH3 is 1. The number of rotatable bonds is 3. The van der Waals surface area contributed by atoms with E-state index in [2.05, 4.69) is 20.3 Å². The molecule has 4 aromatic rings. The quantitative estimate of drug-likeness (QED) is 0.577. The highest BCUT2D eigenvalue weighted by molar-refractivity contribution is 5.61. The predicted octanol–water partition coefficient (Wildman–Crippen LogP) is 2.45. The number of pyridine rings is 1. The molecule has 22 heavy (non-hydrogen) atoms. The van der Waals surface area contributed by atoms with Crippen molar-refractivity contribution in [2.75, 3.05) is 7.11 Å². The van der Waals surface area contributed by atoms with Crippen molar-refractivity contribution in [3.8, 4) is 28.6 Å². The van der Waals surface area contributed by atoms with Crippen molar-refractivity contribution in [3.05, 3.63) is 48.9 Å². The molecule has 0 aliphatic carbocycles. The van der Waals surface area contributed by atoms with Gasteiger partial charge in [0, 0.05) is 17.3 Å². The summed E-state index contributed by atoms with van der Waals surface area (Å²) in [6.45, 7) is 0. The molecule has 0 aliphatic heterocycles. The maximum absolute atomic E-state index is 5.34. The molecular formula is C15H11N5O2. The van der Waals surface area contributed by atoms with Gasteiger partial charge >= 0.3 is 0 Å². The van der Waals surface area contributed by atoms with Crippen molar-refractivity contribution in [1.29, 1.82) is 0 Å². The van der Waals surface area contributed by atoms with Crippen molar-refractivity contribution in [3.63, 3.8) is 0 Å². The van der Waals surface area contributed by atoms with Crippen LogP contribution in [-0.4, -0.2) is 31.8 Å².